The van der Waals surface area contributed by atoms with Gasteiger partial charge in [0.05, 0.1) is 6.26 Å². The van der Waals surface area contributed by atoms with Crippen molar-refractivity contribution in [3.8, 4) is 5.75 Å². The number of piperidine rings is 1. The molecule has 6 nitrogen and oxygen atoms in total. The zero-order valence-electron chi connectivity index (χ0n) is 18.2. The van der Waals surface area contributed by atoms with Gasteiger partial charge in [-0.25, -0.2) is 8.42 Å². The lowest BCUT2D eigenvalue weighted by Gasteiger charge is -2.47. The third-order valence-electron chi connectivity index (χ3n) is 6.14. The van der Waals surface area contributed by atoms with Gasteiger partial charge in [-0.1, -0.05) is 33.1 Å². The predicted octanol–water partition coefficient (Wildman–Crippen LogP) is 3.91. The van der Waals surface area contributed by atoms with E-state index in [1.807, 2.05) is 12.1 Å². The average molecular weight is 424 g/mol. The van der Waals surface area contributed by atoms with Crippen LogP contribution < -0.4 is 14.8 Å². The minimum Gasteiger partial charge on any atom is -0.487 e. The average Bonchev–Trinajstić information content (AvgIpc) is 2.66. The Morgan fingerprint density at radius 2 is 1.93 bits per heavy atom. The van der Waals surface area contributed by atoms with E-state index in [1.165, 1.54) is 38.5 Å². The number of fused-ring (bicyclic) bond motifs is 1. The summed E-state index contributed by atoms with van der Waals surface area (Å²) in [6.45, 7) is 8.61. The molecule has 0 amide bonds. The Hall–Kier alpha value is -1.31. The Morgan fingerprint density at radius 1 is 1.17 bits per heavy atom. The third kappa shape index (κ3) is 6.09. The summed E-state index contributed by atoms with van der Waals surface area (Å²) in [6.07, 6.45) is 9.43. The second kappa shape index (κ2) is 9.67. The van der Waals surface area contributed by atoms with Crippen LogP contribution in [0.25, 0.3) is 0 Å². The third-order valence-corrected chi connectivity index (χ3v) is 6.74. The number of nitrogens with one attached hydrogen (secondary N) is 2. The van der Waals surface area contributed by atoms with Crippen molar-refractivity contribution < 1.29 is 13.2 Å². The first-order valence-corrected chi connectivity index (χ1v) is 13.0. The Kier molecular flexibility index (Phi) is 7.46. The topological polar surface area (TPSA) is 70.7 Å². The Labute approximate surface area is 176 Å². The lowest BCUT2D eigenvalue weighted by molar-refractivity contribution is -0.0253. The minimum atomic E-state index is -3.29. The Bertz CT molecular complexity index is 774. The number of rotatable bonds is 9. The molecule has 1 aromatic carbocycles. The number of nitrogens with zero attached hydrogens (tertiary/aromatic N) is 1. The van der Waals surface area contributed by atoms with Crippen LogP contribution in [0, 0.1) is 0 Å². The van der Waals surface area contributed by atoms with Gasteiger partial charge in [0.1, 0.15) is 11.4 Å². The molecule has 1 saturated heterocycles. The standard InChI is InChI=1S/C22H37N3O3S/c1-4-6-7-8-13-25-14-11-22(12-15-25)17-20(23-5-2)19-16-18(24-29(3,26)27)9-10-21(19)28-22/h9-10,16,20,23-24H,4-8,11-15,17H2,1-3H3. The number of anilines is 1. The van der Waals surface area contributed by atoms with E-state index in [0.717, 1.165) is 50.2 Å². The summed E-state index contributed by atoms with van der Waals surface area (Å²) >= 11 is 0. The van der Waals surface area contributed by atoms with Gasteiger partial charge in [-0.2, -0.15) is 0 Å². The van der Waals surface area contributed by atoms with Gasteiger partial charge in [0.2, 0.25) is 10.0 Å². The summed E-state index contributed by atoms with van der Waals surface area (Å²) in [4.78, 5) is 2.58. The second-order valence-corrected chi connectivity index (χ2v) is 10.4. The van der Waals surface area contributed by atoms with Gasteiger partial charge >= 0.3 is 0 Å². The lowest BCUT2D eigenvalue weighted by atomic mass is 9.80. The van der Waals surface area contributed by atoms with Crippen molar-refractivity contribution >= 4 is 15.7 Å². The van der Waals surface area contributed by atoms with Crippen molar-refractivity contribution in [1.82, 2.24) is 10.2 Å². The quantitative estimate of drug-likeness (QED) is 0.590. The van der Waals surface area contributed by atoms with Crippen LogP contribution in [0.1, 0.15) is 70.4 Å². The van der Waals surface area contributed by atoms with Crippen LogP contribution in [0.3, 0.4) is 0 Å². The van der Waals surface area contributed by atoms with E-state index >= 15 is 0 Å². The van der Waals surface area contributed by atoms with Gasteiger partial charge in [-0.15, -0.1) is 0 Å². The first-order chi connectivity index (χ1) is 13.8. The molecule has 3 rings (SSSR count). The number of benzene rings is 1. The number of likely N-dealkylation sites (tertiary alicyclic amines) is 1. The van der Waals surface area contributed by atoms with Gasteiger partial charge in [-0.05, 0) is 50.6 Å². The second-order valence-electron chi connectivity index (χ2n) is 8.63. The number of ether oxygens (including phenoxy) is 1. The fourth-order valence-electron chi connectivity index (χ4n) is 4.63. The smallest absolute Gasteiger partial charge is 0.229 e. The SMILES string of the molecule is CCCCCCN1CCC2(CC1)CC(NCC)c1cc(NS(C)(=O)=O)ccc1O2. The zero-order valence-corrected chi connectivity index (χ0v) is 19.0. The monoisotopic (exact) mass is 423 g/mol. The zero-order chi connectivity index (χ0) is 20.9. The normalized spacial score (nSPS) is 21.6. The molecule has 1 spiro atoms. The fourth-order valence-corrected chi connectivity index (χ4v) is 5.18. The van der Waals surface area contributed by atoms with Crippen LogP contribution in [-0.2, 0) is 10.0 Å². The predicted molar refractivity (Wildman–Crippen MR) is 119 cm³/mol. The van der Waals surface area contributed by atoms with Gasteiger partial charge in [-0.3, -0.25) is 4.72 Å². The highest BCUT2D eigenvalue weighted by Crippen LogP contribution is 2.45. The molecule has 1 unspecified atom stereocenters. The van der Waals surface area contributed by atoms with Crippen molar-refractivity contribution in [2.75, 3.05) is 37.2 Å². The molecule has 1 atom stereocenters. The summed E-state index contributed by atoms with van der Waals surface area (Å²) in [5.41, 5.74) is 1.52. The number of sulfonamides is 1. The number of hydrogen-bond donors (Lipinski definition) is 2. The summed E-state index contributed by atoms with van der Waals surface area (Å²) in [5.74, 6) is 0.887. The van der Waals surface area contributed by atoms with E-state index < -0.39 is 10.0 Å². The number of hydrogen-bond acceptors (Lipinski definition) is 5. The molecule has 0 aliphatic carbocycles. The highest BCUT2D eigenvalue weighted by molar-refractivity contribution is 7.92. The molecule has 2 heterocycles. The molecule has 0 radical (unpaired) electrons. The highest BCUT2D eigenvalue weighted by Gasteiger charge is 2.43. The van der Waals surface area contributed by atoms with Crippen LogP contribution in [0.15, 0.2) is 18.2 Å². The van der Waals surface area contributed by atoms with Crippen molar-refractivity contribution in [3.63, 3.8) is 0 Å². The molecule has 0 saturated carbocycles. The molecule has 0 bridgehead atoms. The van der Waals surface area contributed by atoms with Gasteiger partial charge in [0.15, 0.2) is 0 Å². The minimum absolute atomic E-state index is 0.120. The van der Waals surface area contributed by atoms with Crippen molar-refractivity contribution in [3.05, 3.63) is 23.8 Å². The molecule has 164 valence electrons. The van der Waals surface area contributed by atoms with Crippen LogP contribution in [0.2, 0.25) is 0 Å². The summed E-state index contributed by atoms with van der Waals surface area (Å²) in [5, 5.41) is 3.59. The number of unbranched alkanes of at least 4 members (excludes halogenated alkanes) is 3. The molecule has 2 aliphatic rings. The van der Waals surface area contributed by atoms with E-state index in [4.69, 9.17) is 4.74 Å². The maximum atomic E-state index is 11.6. The molecular formula is C22H37N3O3S. The highest BCUT2D eigenvalue weighted by atomic mass is 32.2. The Balaban J connectivity index is 1.69. The van der Waals surface area contributed by atoms with Crippen molar-refractivity contribution in [1.29, 1.82) is 0 Å². The Morgan fingerprint density at radius 3 is 2.59 bits per heavy atom. The fraction of sp³-hybridized carbons (Fsp3) is 0.727. The molecule has 2 N–H and O–H groups in total. The molecule has 1 fully saturated rings. The van der Waals surface area contributed by atoms with Gasteiger partial charge < -0.3 is 15.0 Å². The van der Waals surface area contributed by atoms with Gasteiger partial charge in [0.25, 0.3) is 0 Å². The van der Waals surface area contributed by atoms with Gasteiger partial charge in [0, 0.05) is 36.8 Å². The van der Waals surface area contributed by atoms with E-state index in [2.05, 4.69) is 28.8 Å². The summed E-state index contributed by atoms with van der Waals surface area (Å²) in [6, 6.07) is 5.82. The van der Waals surface area contributed by atoms with Crippen LogP contribution in [0.4, 0.5) is 5.69 Å². The van der Waals surface area contributed by atoms with Crippen LogP contribution in [0.5, 0.6) is 5.75 Å². The molecule has 29 heavy (non-hydrogen) atoms. The van der Waals surface area contributed by atoms with Crippen LogP contribution in [-0.4, -0.2) is 51.4 Å². The van der Waals surface area contributed by atoms with E-state index in [-0.39, 0.29) is 11.6 Å². The molecule has 7 heteroatoms. The summed E-state index contributed by atoms with van der Waals surface area (Å²) in [7, 11) is -3.29. The lowest BCUT2D eigenvalue weighted by Crippen LogP contribution is -2.52. The van der Waals surface area contributed by atoms with Crippen LogP contribution >= 0.6 is 0 Å². The van der Waals surface area contributed by atoms with E-state index in [0.29, 0.717) is 5.69 Å². The first kappa shape index (κ1) is 22.4. The molecule has 2 aliphatic heterocycles. The first-order valence-electron chi connectivity index (χ1n) is 11.1. The van der Waals surface area contributed by atoms with Crippen molar-refractivity contribution in [2.45, 2.75) is 70.4 Å². The molecule has 0 aromatic heterocycles. The maximum absolute atomic E-state index is 11.6. The van der Waals surface area contributed by atoms with E-state index in [9.17, 15) is 8.42 Å². The summed E-state index contributed by atoms with van der Waals surface area (Å²) < 4.78 is 32.3. The van der Waals surface area contributed by atoms with Crippen molar-refractivity contribution in [2.24, 2.45) is 0 Å². The maximum Gasteiger partial charge on any atom is 0.229 e. The van der Waals surface area contributed by atoms with E-state index in [1.54, 1.807) is 6.07 Å². The molecular weight excluding hydrogens is 386 g/mol. The molecule has 1 aromatic rings. The largest absolute Gasteiger partial charge is 0.487 e.